The molecule has 0 rings (SSSR count). The van der Waals surface area contributed by atoms with E-state index in [1.807, 2.05) is 0 Å². The second-order valence-corrected chi connectivity index (χ2v) is 35.0. The van der Waals surface area contributed by atoms with Crippen LogP contribution in [0.3, 0.4) is 0 Å². The molecule has 0 aromatic heterocycles. The van der Waals surface area contributed by atoms with Crippen LogP contribution in [-0.4, -0.2) is 0 Å². The Hall–Kier alpha value is -0.260. The first kappa shape index (κ1) is 101. The van der Waals surface area contributed by atoms with Crippen molar-refractivity contribution in [3.63, 3.8) is 0 Å². The third-order valence-corrected chi connectivity index (χ3v) is 24.5. The maximum absolute atomic E-state index is 3.83. The standard InChI is InChI=1S/C101H202/c1-3-5-7-9-11-13-15-17-19-21-23-25-27-29-31-33-35-37-39-41-43-45-47-49-51-53-55-57-59-61-63-65-67-69-71-73-75-77-79-81-83-85-87-89-91-93-95-97-99-101-100-98-96-94-92-90-88-86-84-82-80-78-76-74-72-70-68-66-64-62-60-58-56-54-52-50-48-46-44-42-40-38-36-34-32-30-28-26-24-22-20-18-16-14-12-10-8-6-4-2/h3H,1,4-101H2,2H3. The fraction of sp³-hybridized carbons (Fsp3) is 0.980. The second kappa shape index (κ2) is 99.7. The van der Waals surface area contributed by atoms with Crippen LogP contribution in [0.2, 0.25) is 0 Å². The van der Waals surface area contributed by atoms with Crippen LogP contribution in [0.1, 0.15) is 636 Å². The summed E-state index contributed by atoms with van der Waals surface area (Å²) >= 11 is 0. The predicted molar refractivity (Wildman–Crippen MR) is 468 cm³/mol. The summed E-state index contributed by atoms with van der Waals surface area (Å²) in [6, 6.07) is 0. The molecule has 606 valence electrons. The minimum Gasteiger partial charge on any atom is -0.103 e. The van der Waals surface area contributed by atoms with E-state index in [2.05, 4.69) is 19.6 Å². The normalized spacial score (nSPS) is 11.8. The molecule has 0 bridgehead atoms. The van der Waals surface area contributed by atoms with Crippen molar-refractivity contribution in [2.75, 3.05) is 0 Å². The van der Waals surface area contributed by atoms with Gasteiger partial charge in [-0.25, -0.2) is 0 Å². The molecule has 0 fully saturated rings. The highest BCUT2D eigenvalue weighted by Crippen LogP contribution is 2.24. The van der Waals surface area contributed by atoms with Gasteiger partial charge in [0.15, 0.2) is 0 Å². The highest BCUT2D eigenvalue weighted by atomic mass is 14.1. The Balaban J connectivity index is 3.09. The van der Waals surface area contributed by atoms with E-state index in [1.54, 1.807) is 0 Å². The molecule has 0 spiro atoms. The molecule has 0 saturated heterocycles. The molecule has 0 nitrogen and oxygen atoms in total. The van der Waals surface area contributed by atoms with Gasteiger partial charge in [-0.1, -0.05) is 629 Å². The maximum Gasteiger partial charge on any atom is -0.0353 e. The van der Waals surface area contributed by atoms with Gasteiger partial charge in [-0.2, -0.15) is 0 Å². The second-order valence-electron chi connectivity index (χ2n) is 35.0. The third kappa shape index (κ3) is 99.7. The SMILES string of the molecule is C=CCCCCCCCCCCCCCCCCCCCCCCCCCCCCCCCCCCCCCCCCCCCCCCCCCCCCCCCCCCCCCCCCCCCCCCCCCCCCCCCCCCCCCCCCCCCCCCCCCCC. The number of rotatable bonds is 98. The Kier molecular flexibility index (Phi) is 99.5. The van der Waals surface area contributed by atoms with Crippen molar-refractivity contribution in [1.29, 1.82) is 0 Å². The van der Waals surface area contributed by atoms with E-state index in [0.717, 1.165) is 0 Å². The van der Waals surface area contributed by atoms with Gasteiger partial charge < -0.3 is 0 Å². The average molecular weight is 1420 g/mol. The summed E-state index contributed by atoms with van der Waals surface area (Å²) in [5, 5.41) is 0. The third-order valence-electron chi connectivity index (χ3n) is 24.5. The van der Waals surface area contributed by atoms with Gasteiger partial charge in [0.1, 0.15) is 0 Å². The number of hydrogen-bond donors (Lipinski definition) is 0. The Morgan fingerprint density at radius 1 is 0.0990 bits per heavy atom. The first-order valence-corrected chi connectivity index (χ1v) is 50.0. The molecule has 0 aromatic rings. The van der Waals surface area contributed by atoms with Gasteiger partial charge in [-0.05, 0) is 12.8 Å². The van der Waals surface area contributed by atoms with Crippen molar-refractivity contribution in [3.05, 3.63) is 12.7 Å². The molecular weight excluding hydrogens is 1210 g/mol. The van der Waals surface area contributed by atoms with Gasteiger partial charge in [0, 0.05) is 0 Å². The molecule has 0 aromatic carbocycles. The lowest BCUT2D eigenvalue weighted by atomic mass is 10.0. The highest BCUT2D eigenvalue weighted by Gasteiger charge is 2.04. The molecule has 0 heterocycles. The molecule has 0 amide bonds. The Morgan fingerprint density at radius 3 is 0.218 bits per heavy atom. The quantitative estimate of drug-likeness (QED) is 0.0421. The van der Waals surface area contributed by atoms with E-state index in [4.69, 9.17) is 0 Å². The molecule has 0 aliphatic rings. The summed E-state index contributed by atoms with van der Waals surface area (Å²) in [6.07, 6.45) is 148. The molecule has 101 heavy (non-hydrogen) atoms. The summed E-state index contributed by atoms with van der Waals surface area (Å²) in [6.45, 7) is 6.14. The summed E-state index contributed by atoms with van der Waals surface area (Å²) < 4.78 is 0. The molecule has 0 unspecified atom stereocenters. The van der Waals surface area contributed by atoms with Gasteiger partial charge in [0.05, 0.1) is 0 Å². The van der Waals surface area contributed by atoms with Crippen LogP contribution >= 0.6 is 0 Å². The van der Waals surface area contributed by atoms with Crippen molar-refractivity contribution < 1.29 is 0 Å². The monoisotopic (exact) mass is 1420 g/mol. The first-order valence-electron chi connectivity index (χ1n) is 50.0. The Morgan fingerprint density at radius 2 is 0.158 bits per heavy atom. The van der Waals surface area contributed by atoms with Gasteiger partial charge in [0.25, 0.3) is 0 Å². The van der Waals surface area contributed by atoms with Crippen LogP contribution < -0.4 is 0 Å². The van der Waals surface area contributed by atoms with Gasteiger partial charge in [-0.15, -0.1) is 6.58 Å². The van der Waals surface area contributed by atoms with Crippen LogP contribution in [0, 0.1) is 0 Å². The number of unbranched alkanes of at least 4 members (excludes halogenated alkanes) is 97. The summed E-state index contributed by atoms with van der Waals surface area (Å²) in [4.78, 5) is 0. The van der Waals surface area contributed by atoms with E-state index in [1.165, 1.54) is 629 Å². The van der Waals surface area contributed by atoms with Gasteiger partial charge >= 0.3 is 0 Å². The van der Waals surface area contributed by atoms with E-state index < -0.39 is 0 Å². The summed E-state index contributed by atoms with van der Waals surface area (Å²) in [5.41, 5.74) is 0. The fourth-order valence-electron chi connectivity index (χ4n) is 17.2. The zero-order valence-electron chi connectivity index (χ0n) is 71.6. The number of allylic oxidation sites excluding steroid dienone is 1. The predicted octanol–water partition coefficient (Wildman–Crippen LogP) is 39.4. The van der Waals surface area contributed by atoms with Crippen LogP contribution in [0.25, 0.3) is 0 Å². The Bertz CT molecular complexity index is 1340. The average Bonchev–Trinajstić information content (AvgIpc) is 3.68. The van der Waals surface area contributed by atoms with Crippen LogP contribution in [-0.2, 0) is 0 Å². The minimum absolute atomic E-state index is 1.21. The lowest BCUT2D eigenvalue weighted by Crippen LogP contribution is -1.85. The van der Waals surface area contributed by atoms with Crippen LogP contribution in [0.4, 0.5) is 0 Å². The first-order chi connectivity index (χ1) is 50.4. The zero-order chi connectivity index (χ0) is 72.0. The van der Waals surface area contributed by atoms with Crippen molar-refractivity contribution >= 4 is 0 Å². The highest BCUT2D eigenvalue weighted by molar-refractivity contribution is 4.66. The lowest BCUT2D eigenvalue weighted by Gasteiger charge is -2.05. The summed E-state index contributed by atoms with van der Waals surface area (Å²) in [7, 11) is 0. The molecule has 0 aliphatic carbocycles. The van der Waals surface area contributed by atoms with Crippen molar-refractivity contribution in [2.24, 2.45) is 0 Å². The van der Waals surface area contributed by atoms with E-state index in [9.17, 15) is 0 Å². The molecule has 0 aliphatic heterocycles. The maximum atomic E-state index is 3.83. The van der Waals surface area contributed by atoms with Crippen molar-refractivity contribution in [3.8, 4) is 0 Å². The summed E-state index contributed by atoms with van der Waals surface area (Å²) in [5.74, 6) is 0. The van der Waals surface area contributed by atoms with E-state index in [0.29, 0.717) is 0 Å². The molecular formula is C101H202. The van der Waals surface area contributed by atoms with Crippen LogP contribution in [0.15, 0.2) is 12.7 Å². The Labute approximate surface area is 645 Å². The molecule has 0 atom stereocenters. The molecule has 0 N–H and O–H groups in total. The van der Waals surface area contributed by atoms with Crippen molar-refractivity contribution in [1.82, 2.24) is 0 Å². The van der Waals surface area contributed by atoms with Crippen LogP contribution in [0.5, 0.6) is 0 Å². The fourth-order valence-corrected chi connectivity index (χ4v) is 17.2. The van der Waals surface area contributed by atoms with E-state index >= 15 is 0 Å². The number of hydrogen-bond acceptors (Lipinski definition) is 0. The zero-order valence-corrected chi connectivity index (χ0v) is 71.6. The molecule has 0 heteroatoms. The molecule has 0 radical (unpaired) electrons. The smallest absolute Gasteiger partial charge is 0.0353 e. The largest absolute Gasteiger partial charge is 0.103 e. The minimum atomic E-state index is 1.21. The van der Waals surface area contributed by atoms with Gasteiger partial charge in [0.2, 0.25) is 0 Å². The lowest BCUT2D eigenvalue weighted by molar-refractivity contribution is 0.505. The van der Waals surface area contributed by atoms with Gasteiger partial charge in [-0.3, -0.25) is 0 Å². The van der Waals surface area contributed by atoms with E-state index in [-0.39, 0.29) is 0 Å². The topological polar surface area (TPSA) is 0 Å². The molecule has 0 saturated carbocycles. The van der Waals surface area contributed by atoms with Crippen molar-refractivity contribution in [2.45, 2.75) is 636 Å².